The van der Waals surface area contributed by atoms with E-state index in [4.69, 9.17) is 0 Å². The number of hydrogen-bond donors (Lipinski definition) is 2. The lowest BCUT2D eigenvalue weighted by Crippen LogP contribution is -2.34. The van der Waals surface area contributed by atoms with Crippen molar-refractivity contribution < 1.29 is 9.90 Å². The van der Waals surface area contributed by atoms with Crippen molar-refractivity contribution in [2.45, 2.75) is 25.0 Å². The van der Waals surface area contributed by atoms with E-state index in [1.165, 1.54) is 0 Å². The van der Waals surface area contributed by atoms with Gasteiger partial charge in [-0.05, 0) is 16.7 Å². The normalized spacial score (nSPS) is 18.5. The topological polar surface area (TPSA) is 67.2 Å². The number of aliphatic hydroxyl groups excluding tert-OH is 1. The smallest absolute Gasteiger partial charge is 0.255 e. The molecule has 1 aromatic heterocycles. The monoisotopic (exact) mass is 347 g/mol. The fourth-order valence-electron chi connectivity index (χ4n) is 3.62. The van der Waals surface area contributed by atoms with Crippen molar-refractivity contribution in [1.29, 1.82) is 0 Å². The van der Waals surface area contributed by atoms with Crippen molar-refractivity contribution in [2.24, 2.45) is 7.05 Å². The molecule has 2 atom stereocenters. The number of nitrogens with zero attached hydrogens (tertiary/aromatic N) is 2. The molecule has 0 bridgehead atoms. The summed E-state index contributed by atoms with van der Waals surface area (Å²) in [5.74, 6) is -0.204. The minimum Gasteiger partial charge on any atom is -0.390 e. The van der Waals surface area contributed by atoms with Gasteiger partial charge in [-0.2, -0.15) is 5.10 Å². The van der Waals surface area contributed by atoms with Crippen molar-refractivity contribution in [3.63, 3.8) is 0 Å². The number of nitrogens with one attached hydrogen (secondary N) is 1. The van der Waals surface area contributed by atoms with Crippen molar-refractivity contribution >= 4 is 5.91 Å². The second kappa shape index (κ2) is 6.77. The summed E-state index contributed by atoms with van der Waals surface area (Å²) in [6.07, 6.45) is 2.18. The standard InChI is InChI=1S/C21H21N3O2/c1-24-18(11-14-7-3-2-4-8-14)17(13-22-24)21(26)23-20-16-10-6-5-9-15(16)12-19(20)25/h2-10,13,19-20,25H,11-12H2,1H3,(H,23,26)/t19-,20+/m1/s1. The zero-order chi connectivity index (χ0) is 18.1. The molecule has 0 fully saturated rings. The molecule has 2 aromatic carbocycles. The van der Waals surface area contributed by atoms with Crippen LogP contribution in [0.4, 0.5) is 0 Å². The number of benzene rings is 2. The highest BCUT2D eigenvalue weighted by molar-refractivity contribution is 5.95. The van der Waals surface area contributed by atoms with Gasteiger partial charge in [0.2, 0.25) is 0 Å². The quantitative estimate of drug-likeness (QED) is 0.762. The summed E-state index contributed by atoms with van der Waals surface area (Å²) in [6, 6.07) is 17.5. The van der Waals surface area contributed by atoms with E-state index < -0.39 is 6.10 Å². The van der Waals surface area contributed by atoms with Crippen LogP contribution in [0.5, 0.6) is 0 Å². The number of carbonyl (C=O) groups excluding carboxylic acids is 1. The Bertz CT molecular complexity index is 933. The van der Waals surface area contributed by atoms with Gasteiger partial charge >= 0.3 is 0 Å². The highest BCUT2D eigenvalue weighted by atomic mass is 16.3. The lowest BCUT2D eigenvalue weighted by Gasteiger charge is -2.18. The van der Waals surface area contributed by atoms with E-state index in [2.05, 4.69) is 10.4 Å². The van der Waals surface area contributed by atoms with Crippen LogP contribution in [0.2, 0.25) is 0 Å². The Hall–Kier alpha value is -2.92. The number of amides is 1. The van der Waals surface area contributed by atoms with E-state index in [1.54, 1.807) is 10.9 Å². The number of carbonyl (C=O) groups is 1. The van der Waals surface area contributed by atoms with Gasteiger partial charge < -0.3 is 10.4 Å². The maximum absolute atomic E-state index is 12.9. The maximum atomic E-state index is 12.9. The van der Waals surface area contributed by atoms with Gasteiger partial charge in [0, 0.05) is 19.9 Å². The molecule has 0 unspecified atom stereocenters. The van der Waals surface area contributed by atoms with Crippen LogP contribution in [0.1, 0.15) is 38.8 Å². The Morgan fingerprint density at radius 1 is 1.19 bits per heavy atom. The Morgan fingerprint density at radius 2 is 1.92 bits per heavy atom. The molecule has 0 aliphatic heterocycles. The first-order valence-corrected chi connectivity index (χ1v) is 8.75. The molecule has 132 valence electrons. The molecule has 3 aromatic rings. The first-order valence-electron chi connectivity index (χ1n) is 8.75. The Balaban J connectivity index is 1.58. The number of aromatic nitrogens is 2. The van der Waals surface area contributed by atoms with Gasteiger partial charge in [-0.3, -0.25) is 9.48 Å². The third-order valence-electron chi connectivity index (χ3n) is 5.01. The minimum absolute atomic E-state index is 0.204. The zero-order valence-electron chi connectivity index (χ0n) is 14.6. The molecule has 0 radical (unpaired) electrons. The number of hydrogen-bond acceptors (Lipinski definition) is 3. The molecular weight excluding hydrogens is 326 g/mol. The molecule has 1 aliphatic rings. The van der Waals surface area contributed by atoms with E-state index in [1.807, 2.05) is 61.6 Å². The fraction of sp³-hybridized carbons (Fsp3) is 0.238. The summed E-state index contributed by atoms with van der Waals surface area (Å²) in [5.41, 5.74) is 4.60. The Morgan fingerprint density at radius 3 is 2.73 bits per heavy atom. The molecule has 1 heterocycles. The second-order valence-corrected chi connectivity index (χ2v) is 6.71. The average Bonchev–Trinajstić information content (AvgIpc) is 3.16. The van der Waals surface area contributed by atoms with E-state index in [0.29, 0.717) is 18.4 Å². The summed E-state index contributed by atoms with van der Waals surface area (Å²) >= 11 is 0. The van der Waals surface area contributed by atoms with Gasteiger partial charge in [-0.25, -0.2) is 0 Å². The van der Waals surface area contributed by atoms with E-state index in [0.717, 1.165) is 22.4 Å². The van der Waals surface area contributed by atoms with E-state index in [9.17, 15) is 9.90 Å². The van der Waals surface area contributed by atoms with Crippen LogP contribution >= 0.6 is 0 Å². The molecule has 26 heavy (non-hydrogen) atoms. The van der Waals surface area contributed by atoms with Crippen LogP contribution in [0.15, 0.2) is 60.8 Å². The van der Waals surface area contributed by atoms with Gasteiger partial charge in [0.15, 0.2) is 0 Å². The molecule has 4 rings (SSSR count). The van der Waals surface area contributed by atoms with Crippen molar-refractivity contribution in [1.82, 2.24) is 15.1 Å². The van der Waals surface area contributed by atoms with Gasteiger partial charge in [-0.1, -0.05) is 54.6 Å². The highest BCUT2D eigenvalue weighted by Gasteiger charge is 2.32. The molecule has 0 spiro atoms. The third kappa shape index (κ3) is 3.02. The maximum Gasteiger partial charge on any atom is 0.255 e. The van der Waals surface area contributed by atoms with Crippen LogP contribution < -0.4 is 5.32 Å². The molecule has 2 N–H and O–H groups in total. The first-order chi connectivity index (χ1) is 12.6. The lowest BCUT2D eigenvalue weighted by atomic mass is 10.0. The molecule has 1 aliphatic carbocycles. The molecular formula is C21H21N3O2. The molecule has 5 heteroatoms. The lowest BCUT2D eigenvalue weighted by molar-refractivity contribution is 0.0857. The average molecular weight is 347 g/mol. The fourth-order valence-corrected chi connectivity index (χ4v) is 3.62. The molecule has 0 saturated carbocycles. The predicted molar refractivity (Wildman–Crippen MR) is 98.8 cm³/mol. The van der Waals surface area contributed by atoms with Crippen LogP contribution in [0.25, 0.3) is 0 Å². The van der Waals surface area contributed by atoms with E-state index >= 15 is 0 Å². The Kier molecular flexibility index (Phi) is 4.31. The number of fused-ring (bicyclic) bond motifs is 1. The molecule has 5 nitrogen and oxygen atoms in total. The summed E-state index contributed by atoms with van der Waals surface area (Å²) in [5, 5.41) is 17.6. The summed E-state index contributed by atoms with van der Waals surface area (Å²) < 4.78 is 1.74. The summed E-state index contributed by atoms with van der Waals surface area (Å²) in [4.78, 5) is 12.9. The largest absolute Gasteiger partial charge is 0.390 e. The number of aryl methyl sites for hydroxylation is 1. The number of aliphatic hydroxyl groups is 1. The van der Waals surface area contributed by atoms with E-state index in [-0.39, 0.29) is 11.9 Å². The van der Waals surface area contributed by atoms with Gasteiger partial charge in [0.05, 0.1) is 29.6 Å². The Labute approximate surface area is 152 Å². The van der Waals surface area contributed by atoms with Gasteiger partial charge in [0.1, 0.15) is 0 Å². The minimum atomic E-state index is -0.606. The SMILES string of the molecule is Cn1ncc(C(=O)N[C@H]2c3ccccc3C[C@H]2O)c1Cc1ccccc1. The molecule has 1 amide bonds. The van der Waals surface area contributed by atoms with Gasteiger partial charge in [0.25, 0.3) is 5.91 Å². The highest BCUT2D eigenvalue weighted by Crippen LogP contribution is 2.31. The first kappa shape index (κ1) is 16.5. The van der Waals surface area contributed by atoms with Crippen molar-refractivity contribution in [3.8, 4) is 0 Å². The second-order valence-electron chi connectivity index (χ2n) is 6.71. The van der Waals surface area contributed by atoms with Gasteiger partial charge in [-0.15, -0.1) is 0 Å². The van der Waals surface area contributed by atoms with Crippen LogP contribution in [0.3, 0.4) is 0 Å². The third-order valence-corrected chi connectivity index (χ3v) is 5.01. The molecule has 0 saturated heterocycles. The van der Waals surface area contributed by atoms with Crippen LogP contribution in [0, 0.1) is 0 Å². The van der Waals surface area contributed by atoms with Crippen molar-refractivity contribution in [3.05, 3.63) is 88.7 Å². The predicted octanol–water partition coefficient (Wildman–Crippen LogP) is 2.40. The van der Waals surface area contributed by atoms with Crippen LogP contribution in [-0.2, 0) is 19.9 Å². The zero-order valence-corrected chi connectivity index (χ0v) is 14.6. The van der Waals surface area contributed by atoms with Crippen LogP contribution in [-0.4, -0.2) is 26.9 Å². The summed E-state index contributed by atoms with van der Waals surface area (Å²) in [6.45, 7) is 0. The summed E-state index contributed by atoms with van der Waals surface area (Å²) in [7, 11) is 1.84. The number of rotatable bonds is 4. The van der Waals surface area contributed by atoms with Crippen molar-refractivity contribution in [2.75, 3.05) is 0 Å².